The van der Waals surface area contributed by atoms with Gasteiger partial charge in [-0.1, -0.05) is 28.9 Å². The smallest absolute Gasteiger partial charge is 0.187 e. The summed E-state index contributed by atoms with van der Waals surface area (Å²) in [7, 11) is 0. The molecule has 0 aliphatic heterocycles. The molecule has 3 nitrogen and oxygen atoms in total. The minimum Gasteiger partial charge on any atom is -0.380 e. The number of thiophene rings is 1. The quantitative estimate of drug-likeness (QED) is 0.521. The molecule has 8 heteroatoms. The Morgan fingerprint density at radius 2 is 2.10 bits per heavy atom. The molecule has 108 valence electrons. The van der Waals surface area contributed by atoms with Crippen molar-refractivity contribution in [2.24, 2.45) is 0 Å². The SMILES string of the molecule is Nc1noc(-c2cc(Br)c(Br)s2)c1-c1cccc(Cl)c1F. The van der Waals surface area contributed by atoms with E-state index in [1.807, 2.05) is 6.07 Å². The molecule has 2 N–H and O–H groups in total. The maximum absolute atomic E-state index is 14.3. The monoisotopic (exact) mass is 450 g/mol. The first-order valence-electron chi connectivity index (χ1n) is 5.63. The van der Waals surface area contributed by atoms with Crippen LogP contribution in [0.15, 0.2) is 37.0 Å². The first kappa shape index (κ1) is 15.0. The third kappa shape index (κ3) is 2.63. The lowest BCUT2D eigenvalue weighted by molar-refractivity contribution is 0.437. The summed E-state index contributed by atoms with van der Waals surface area (Å²) in [5.41, 5.74) is 6.50. The lowest BCUT2D eigenvalue weighted by Gasteiger charge is -2.04. The second-order valence-electron chi connectivity index (χ2n) is 4.11. The maximum Gasteiger partial charge on any atom is 0.187 e. The molecule has 0 saturated heterocycles. The van der Waals surface area contributed by atoms with Gasteiger partial charge >= 0.3 is 0 Å². The number of rotatable bonds is 2. The molecule has 2 heterocycles. The summed E-state index contributed by atoms with van der Waals surface area (Å²) in [5, 5.41) is 3.77. The number of nitrogens with zero attached hydrogens (tertiary/aromatic N) is 1. The van der Waals surface area contributed by atoms with Gasteiger partial charge in [0.05, 0.1) is 19.2 Å². The zero-order chi connectivity index (χ0) is 15.1. The van der Waals surface area contributed by atoms with Crippen LogP contribution in [0.4, 0.5) is 10.2 Å². The number of benzene rings is 1. The molecule has 1 aromatic carbocycles. The highest BCUT2D eigenvalue weighted by molar-refractivity contribution is 9.13. The lowest BCUT2D eigenvalue weighted by Crippen LogP contribution is -1.91. The van der Waals surface area contributed by atoms with Crippen molar-refractivity contribution < 1.29 is 8.91 Å². The first-order valence-corrected chi connectivity index (χ1v) is 8.41. The number of hydrogen-bond acceptors (Lipinski definition) is 4. The van der Waals surface area contributed by atoms with Crippen LogP contribution < -0.4 is 5.73 Å². The molecular weight excluding hydrogens is 446 g/mol. The van der Waals surface area contributed by atoms with Crippen molar-refractivity contribution in [3.63, 3.8) is 0 Å². The zero-order valence-corrected chi connectivity index (χ0v) is 14.9. The van der Waals surface area contributed by atoms with E-state index in [0.717, 1.165) is 13.1 Å². The van der Waals surface area contributed by atoms with Gasteiger partial charge in [0.1, 0.15) is 5.82 Å². The van der Waals surface area contributed by atoms with Crippen molar-refractivity contribution in [3.05, 3.63) is 43.4 Å². The molecular formula is C13H6Br2ClFN2OS. The molecule has 0 fully saturated rings. The summed E-state index contributed by atoms with van der Waals surface area (Å²) in [6.45, 7) is 0. The average Bonchev–Trinajstić information content (AvgIpc) is 2.97. The average molecular weight is 453 g/mol. The van der Waals surface area contributed by atoms with E-state index in [1.165, 1.54) is 17.4 Å². The Morgan fingerprint density at radius 3 is 2.76 bits per heavy atom. The summed E-state index contributed by atoms with van der Waals surface area (Å²) in [6, 6.07) is 6.56. The van der Waals surface area contributed by atoms with Crippen LogP contribution in [0, 0.1) is 5.82 Å². The summed E-state index contributed by atoms with van der Waals surface area (Å²) >= 11 is 14.1. The van der Waals surface area contributed by atoms with Crippen molar-refractivity contribution in [3.8, 4) is 21.8 Å². The minimum atomic E-state index is -0.551. The normalized spacial score (nSPS) is 11.0. The van der Waals surface area contributed by atoms with Crippen LogP contribution in [0.25, 0.3) is 21.8 Å². The van der Waals surface area contributed by atoms with Crippen molar-refractivity contribution in [1.82, 2.24) is 5.16 Å². The van der Waals surface area contributed by atoms with Crippen LogP contribution in [0.3, 0.4) is 0 Å². The van der Waals surface area contributed by atoms with Gasteiger partial charge in [-0.05, 0) is 44.0 Å². The van der Waals surface area contributed by atoms with E-state index in [-0.39, 0.29) is 16.4 Å². The minimum absolute atomic E-state index is 0.0209. The molecule has 0 atom stereocenters. The van der Waals surface area contributed by atoms with E-state index in [4.69, 9.17) is 21.9 Å². The van der Waals surface area contributed by atoms with Crippen LogP contribution in [0.5, 0.6) is 0 Å². The van der Waals surface area contributed by atoms with Gasteiger partial charge in [0.2, 0.25) is 0 Å². The molecule has 2 aromatic heterocycles. The van der Waals surface area contributed by atoms with E-state index in [0.29, 0.717) is 11.3 Å². The van der Waals surface area contributed by atoms with Crippen LogP contribution in [0.1, 0.15) is 0 Å². The lowest BCUT2D eigenvalue weighted by atomic mass is 10.0. The number of anilines is 1. The van der Waals surface area contributed by atoms with E-state index in [1.54, 1.807) is 12.1 Å². The van der Waals surface area contributed by atoms with Gasteiger partial charge in [-0.15, -0.1) is 11.3 Å². The number of nitrogens with two attached hydrogens (primary N) is 1. The van der Waals surface area contributed by atoms with Crippen LogP contribution in [0.2, 0.25) is 5.02 Å². The van der Waals surface area contributed by atoms with Crippen LogP contribution in [-0.4, -0.2) is 5.16 Å². The Labute approximate surface area is 145 Å². The predicted molar refractivity (Wildman–Crippen MR) is 90.0 cm³/mol. The largest absolute Gasteiger partial charge is 0.380 e. The van der Waals surface area contributed by atoms with Gasteiger partial charge in [0.15, 0.2) is 11.6 Å². The molecule has 3 aromatic rings. The van der Waals surface area contributed by atoms with Crippen molar-refractivity contribution in [2.75, 3.05) is 5.73 Å². The van der Waals surface area contributed by atoms with Gasteiger partial charge in [-0.3, -0.25) is 0 Å². The number of hydrogen-bond donors (Lipinski definition) is 1. The predicted octanol–water partition coefficient (Wildman–Crippen LogP) is 5.97. The zero-order valence-electron chi connectivity index (χ0n) is 10.2. The van der Waals surface area contributed by atoms with Crippen molar-refractivity contribution in [2.45, 2.75) is 0 Å². The van der Waals surface area contributed by atoms with Crippen molar-refractivity contribution >= 4 is 60.6 Å². The summed E-state index contributed by atoms with van der Waals surface area (Å²) in [4.78, 5) is 0.771. The van der Waals surface area contributed by atoms with Crippen molar-refractivity contribution in [1.29, 1.82) is 0 Å². The Balaban J connectivity index is 2.24. The van der Waals surface area contributed by atoms with Crippen LogP contribution >= 0.6 is 54.8 Å². The Bertz CT molecular complexity index is 814. The molecule has 21 heavy (non-hydrogen) atoms. The fraction of sp³-hybridized carbons (Fsp3) is 0. The van der Waals surface area contributed by atoms with E-state index in [2.05, 4.69) is 37.0 Å². The molecule has 0 saturated carbocycles. The fourth-order valence-corrected chi connectivity index (χ4v) is 4.08. The number of aromatic nitrogens is 1. The Hall–Kier alpha value is -0.890. The van der Waals surface area contributed by atoms with E-state index < -0.39 is 5.82 Å². The number of nitrogen functional groups attached to an aromatic ring is 1. The molecule has 0 aliphatic rings. The van der Waals surface area contributed by atoms with Gasteiger partial charge in [-0.25, -0.2) is 4.39 Å². The Kier molecular flexibility index (Phi) is 4.09. The van der Waals surface area contributed by atoms with Crippen LogP contribution in [-0.2, 0) is 0 Å². The first-order chi connectivity index (χ1) is 9.99. The summed E-state index contributed by atoms with van der Waals surface area (Å²) < 4.78 is 21.3. The standard InChI is InChI=1S/C13H6Br2ClFN2OS/c14-6-4-8(21-12(6)15)11-9(13(18)19-20-11)5-2-1-3-7(16)10(5)17/h1-4H,(H2,18,19). The van der Waals surface area contributed by atoms with Gasteiger partial charge in [0, 0.05) is 10.0 Å². The van der Waals surface area contributed by atoms with E-state index >= 15 is 0 Å². The molecule has 0 unspecified atom stereocenters. The molecule has 0 aliphatic carbocycles. The third-order valence-electron chi connectivity index (χ3n) is 2.81. The van der Waals surface area contributed by atoms with Gasteiger partial charge in [0.25, 0.3) is 0 Å². The highest BCUT2D eigenvalue weighted by Crippen LogP contribution is 2.44. The van der Waals surface area contributed by atoms with Gasteiger partial charge in [-0.2, -0.15) is 0 Å². The topological polar surface area (TPSA) is 52.0 Å². The Morgan fingerprint density at radius 1 is 1.33 bits per heavy atom. The van der Waals surface area contributed by atoms with E-state index in [9.17, 15) is 4.39 Å². The molecule has 0 radical (unpaired) electrons. The second-order valence-corrected chi connectivity index (χ2v) is 7.74. The highest BCUT2D eigenvalue weighted by atomic mass is 79.9. The summed E-state index contributed by atoms with van der Waals surface area (Å²) in [6.07, 6.45) is 0. The highest BCUT2D eigenvalue weighted by Gasteiger charge is 2.23. The van der Waals surface area contributed by atoms with Gasteiger partial charge < -0.3 is 10.3 Å². The second kappa shape index (κ2) is 5.72. The molecule has 0 amide bonds. The third-order valence-corrected chi connectivity index (χ3v) is 6.36. The molecule has 0 bridgehead atoms. The maximum atomic E-state index is 14.3. The molecule has 3 rings (SSSR count). The molecule has 0 spiro atoms. The summed E-state index contributed by atoms with van der Waals surface area (Å²) in [5.74, 6) is -0.0260. The number of halogens is 4. The fourth-order valence-electron chi connectivity index (χ4n) is 1.89.